The van der Waals surface area contributed by atoms with E-state index in [0.717, 1.165) is 48.6 Å². The van der Waals surface area contributed by atoms with Crippen LogP contribution in [0.1, 0.15) is 42.5 Å². The third-order valence-electron chi connectivity index (χ3n) is 6.12. The van der Waals surface area contributed by atoms with Crippen molar-refractivity contribution in [3.63, 3.8) is 0 Å². The molecule has 1 aromatic heterocycles. The van der Waals surface area contributed by atoms with Crippen LogP contribution in [0.5, 0.6) is 5.75 Å². The van der Waals surface area contributed by atoms with Gasteiger partial charge in [0.05, 0.1) is 12.5 Å². The Morgan fingerprint density at radius 3 is 2.77 bits per heavy atom. The third-order valence-corrected chi connectivity index (χ3v) is 7.09. The molecule has 160 valence electrons. The lowest BCUT2D eigenvalue weighted by molar-refractivity contribution is -0.142. The summed E-state index contributed by atoms with van der Waals surface area (Å²) in [5.74, 6) is -0.0883. The van der Waals surface area contributed by atoms with Crippen LogP contribution in [0.4, 0.5) is 5.82 Å². The Kier molecular flexibility index (Phi) is 6.12. The van der Waals surface area contributed by atoms with E-state index < -0.39 is 16.2 Å². The molecule has 2 N–H and O–H groups in total. The van der Waals surface area contributed by atoms with Crippen molar-refractivity contribution in [1.29, 1.82) is 0 Å². The lowest BCUT2D eigenvalue weighted by Crippen LogP contribution is -2.17. The minimum atomic E-state index is -1.03. The monoisotopic (exact) mass is 448 g/mol. The number of fused-ring (bicyclic) bond motifs is 1. The van der Waals surface area contributed by atoms with Gasteiger partial charge >= 0.3 is 5.97 Å². The lowest BCUT2D eigenvalue weighted by atomic mass is 9.97. The number of nitrogens with zero attached hydrogens (tertiary/aromatic N) is 1. The van der Waals surface area contributed by atoms with Gasteiger partial charge in [0.15, 0.2) is 0 Å². The molecule has 2 aromatic rings. The van der Waals surface area contributed by atoms with Gasteiger partial charge in [-0.05, 0) is 48.6 Å². The molecule has 0 amide bonds. The third kappa shape index (κ3) is 4.23. The summed E-state index contributed by atoms with van der Waals surface area (Å²) < 4.78 is 4.84. The maximum Gasteiger partial charge on any atom is 0.306 e. The zero-order valence-electron chi connectivity index (χ0n) is 16.9. The Morgan fingerprint density at radius 2 is 2.07 bits per heavy atom. The van der Waals surface area contributed by atoms with E-state index >= 15 is 0 Å². The molecule has 1 aromatic carbocycles. The van der Waals surface area contributed by atoms with Crippen molar-refractivity contribution in [3.8, 4) is 5.75 Å². The fourth-order valence-corrected chi connectivity index (χ4v) is 5.37. The highest BCUT2D eigenvalue weighted by Gasteiger charge is 2.67. The van der Waals surface area contributed by atoms with Gasteiger partial charge in [0.1, 0.15) is 15.9 Å². The van der Waals surface area contributed by atoms with Crippen molar-refractivity contribution < 1.29 is 14.6 Å². The second kappa shape index (κ2) is 8.64. The van der Waals surface area contributed by atoms with Crippen LogP contribution in [-0.2, 0) is 17.6 Å². The quantitative estimate of drug-likeness (QED) is 0.552. The molecule has 0 radical (unpaired) electrons. The van der Waals surface area contributed by atoms with Gasteiger partial charge in [0, 0.05) is 30.5 Å². The zero-order chi connectivity index (χ0) is 21.3. The van der Waals surface area contributed by atoms with Gasteiger partial charge in [0.2, 0.25) is 0 Å². The second-order valence-corrected chi connectivity index (χ2v) is 9.48. The number of nitrogens with one attached hydrogen (secondary N) is 1. The summed E-state index contributed by atoms with van der Waals surface area (Å²) >= 11 is 12.9. The fraction of sp³-hybridized carbons (Fsp3) is 0.478. The number of ether oxygens (including phenoxy) is 1. The molecule has 30 heavy (non-hydrogen) atoms. The second-order valence-electron chi connectivity index (χ2n) is 8.04. The molecular weight excluding hydrogens is 423 g/mol. The molecular formula is C23H26Cl2N2O3. The van der Waals surface area contributed by atoms with Crippen LogP contribution in [0.25, 0.3) is 0 Å². The molecule has 1 fully saturated rings. The molecule has 0 bridgehead atoms. The summed E-state index contributed by atoms with van der Waals surface area (Å²) in [6.07, 6.45) is 3.46. The Hall–Kier alpha value is -1.98. The number of aromatic nitrogens is 1. The predicted octanol–water partition coefficient (Wildman–Crippen LogP) is 5.06. The number of anilines is 1. The molecule has 7 heteroatoms. The van der Waals surface area contributed by atoms with E-state index in [2.05, 4.69) is 22.4 Å². The summed E-state index contributed by atoms with van der Waals surface area (Å²) in [5.41, 5.74) is 3.23. The van der Waals surface area contributed by atoms with E-state index in [9.17, 15) is 9.90 Å². The molecule has 1 saturated carbocycles. The molecule has 3 atom stereocenters. The fourth-order valence-electron chi connectivity index (χ4n) is 4.42. The van der Waals surface area contributed by atoms with Gasteiger partial charge in [-0.15, -0.1) is 23.2 Å². The predicted molar refractivity (Wildman–Crippen MR) is 119 cm³/mol. The number of aryl methyl sites for hydroxylation is 1. The van der Waals surface area contributed by atoms with Crippen molar-refractivity contribution >= 4 is 35.0 Å². The number of benzene rings is 1. The van der Waals surface area contributed by atoms with Crippen molar-refractivity contribution in [1.82, 2.24) is 4.98 Å². The van der Waals surface area contributed by atoms with Crippen LogP contribution in [0, 0.1) is 11.8 Å². The highest BCUT2D eigenvalue weighted by molar-refractivity contribution is 6.52. The highest BCUT2D eigenvalue weighted by atomic mass is 35.5. The summed E-state index contributed by atoms with van der Waals surface area (Å²) in [5, 5.41) is 12.8. The Morgan fingerprint density at radius 1 is 1.30 bits per heavy atom. The van der Waals surface area contributed by atoms with Gasteiger partial charge in [-0.25, -0.2) is 4.98 Å². The topological polar surface area (TPSA) is 71.5 Å². The van der Waals surface area contributed by atoms with Crippen LogP contribution in [0.2, 0.25) is 0 Å². The summed E-state index contributed by atoms with van der Waals surface area (Å²) in [4.78, 5) is 16.2. The standard InChI is InChI=1S/C23H26Cl2N2O3/c1-2-18(22(28)29)20-19(23(20,24)25)14-6-9-17(10-7-14)30-13-11-16-8-5-15-4-3-12-26-21(15)27-16/h5-10,18-20H,2-4,11-13H2,1H3,(H,26,27)(H,28,29). The molecule has 2 aliphatic rings. The Bertz CT molecular complexity index is 917. The lowest BCUT2D eigenvalue weighted by Gasteiger charge is -2.17. The highest BCUT2D eigenvalue weighted by Crippen LogP contribution is 2.68. The van der Waals surface area contributed by atoms with Crippen LogP contribution in [0.15, 0.2) is 36.4 Å². The van der Waals surface area contributed by atoms with Gasteiger partial charge in [-0.3, -0.25) is 4.79 Å². The average Bonchev–Trinajstić information content (AvgIpc) is 3.30. The first-order valence-corrected chi connectivity index (χ1v) is 11.2. The number of carboxylic acids is 1. The van der Waals surface area contributed by atoms with Gasteiger partial charge in [-0.2, -0.15) is 0 Å². The van der Waals surface area contributed by atoms with Crippen LogP contribution < -0.4 is 10.1 Å². The SMILES string of the molecule is CCC(C(=O)O)C1C(c2ccc(OCCc3ccc4c(n3)NCCC4)cc2)C1(Cl)Cl. The molecule has 5 nitrogen and oxygen atoms in total. The van der Waals surface area contributed by atoms with Crippen molar-refractivity contribution in [2.24, 2.45) is 11.8 Å². The Labute approximate surface area is 186 Å². The Balaban J connectivity index is 1.34. The minimum absolute atomic E-state index is 0.178. The summed E-state index contributed by atoms with van der Waals surface area (Å²) in [6, 6.07) is 11.8. The zero-order valence-corrected chi connectivity index (χ0v) is 18.4. The number of carbonyl (C=O) groups is 1. The van der Waals surface area contributed by atoms with Crippen LogP contribution in [0.3, 0.4) is 0 Å². The van der Waals surface area contributed by atoms with Crippen molar-refractivity contribution in [2.45, 2.75) is 42.9 Å². The molecule has 1 aliphatic carbocycles. The number of carboxylic acid groups (broad SMARTS) is 1. The van der Waals surface area contributed by atoms with E-state index in [1.54, 1.807) is 0 Å². The maximum absolute atomic E-state index is 11.5. The van der Waals surface area contributed by atoms with E-state index in [1.807, 2.05) is 31.2 Å². The molecule has 4 rings (SSSR count). The van der Waals surface area contributed by atoms with Crippen molar-refractivity contribution in [2.75, 3.05) is 18.5 Å². The number of halogens is 2. The van der Waals surface area contributed by atoms with E-state index in [0.29, 0.717) is 13.0 Å². The number of aliphatic carboxylic acids is 1. The van der Waals surface area contributed by atoms with E-state index in [4.69, 9.17) is 27.9 Å². The van der Waals surface area contributed by atoms with Gasteiger partial charge in [0.25, 0.3) is 0 Å². The van der Waals surface area contributed by atoms with E-state index in [-0.39, 0.29) is 11.8 Å². The average molecular weight is 449 g/mol. The first-order valence-electron chi connectivity index (χ1n) is 10.5. The smallest absolute Gasteiger partial charge is 0.306 e. The molecule has 0 spiro atoms. The van der Waals surface area contributed by atoms with Crippen LogP contribution >= 0.6 is 23.2 Å². The number of hydrogen-bond acceptors (Lipinski definition) is 4. The van der Waals surface area contributed by atoms with Gasteiger partial charge in [-0.1, -0.05) is 25.1 Å². The molecule has 0 saturated heterocycles. The first kappa shape index (κ1) is 21.3. The first-order chi connectivity index (χ1) is 14.4. The largest absolute Gasteiger partial charge is 0.493 e. The summed E-state index contributed by atoms with van der Waals surface area (Å²) in [7, 11) is 0. The minimum Gasteiger partial charge on any atom is -0.493 e. The van der Waals surface area contributed by atoms with Crippen molar-refractivity contribution in [3.05, 3.63) is 53.2 Å². The normalized spacial score (nSPS) is 22.5. The molecule has 3 unspecified atom stereocenters. The molecule has 2 heterocycles. The number of pyridine rings is 1. The van der Waals surface area contributed by atoms with Crippen LogP contribution in [-0.4, -0.2) is 33.5 Å². The number of alkyl halides is 2. The number of rotatable bonds is 8. The van der Waals surface area contributed by atoms with Gasteiger partial charge < -0.3 is 15.2 Å². The maximum atomic E-state index is 11.5. The number of hydrogen-bond donors (Lipinski definition) is 2. The molecule has 1 aliphatic heterocycles. The summed E-state index contributed by atoms with van der Waals surface area (Å²) in [6.45, 7) is 3.36. The van der Waals surface area contributed by atoms with E-state index in [1.165, 1.54) is 5.56 Å².